The topological polar surface area (TPSA) is 79.5 Å². The Balaban J connectivity index is 1.24. The number of ether oxygens (including phenoxy) is 1. The van der Waals surface area contributed by atoms with Gasteiger partial charge in [-0.25, -0.2) is 8.78 Å². The highest BCUT2D eigenvalue weighted by Gasteiger charge is 2.49. The van der Waals surface area contributed by atoms with Crippen LogP contribution in [-0.2, 0) is 0 Å². The highest BCUT2D eigenvalue weighted by Crippen LogP contribution is 2.43. The second-order valence-electron chi connectivity index (χ2n) is 12.3. The number of thiophene rings is 1. The predicted octanol–water partition coefficient (Wildman–Crippen LogP) is 5.44. The number of piperazine rings is 1. The lowest BCUT2D eigenvalue weighted by molar-refractivity contribution is 0.107. The molecule has 4 saturated heterocycles. The van der Waals surface area contributed by atoms with Gasteiger partial charge in [-0.3, -0.25) is 4.90 Å². The van der Waals surface area contributed by atoms with E-state index >= 15 is 4.39 Å². The van der Waals surface area contributed by atoms with E-state index in [2.05, 4.69) is 20.1 Å². The van der Waals surface area contributed by atoms with Gasteiger partial charge in [-0.15, -0.1) is 11.3 Å². The van der Waals surface area contributed by atoms with Gasteiger partial charge in [0, 0.05) is 59.2 Å². The molecular weight excluding hydrogens is 542 g/mol. The van der Waals surface area contributed by atoms with Gasteiger partial charge in [0.1, 0.15) is 24.1 Å². The van der Waals surface area contributed by atoms with Crippen molar-refractivity contribution < 1.29 is 13.5 Å². The van der Waals surface area contributed by atoms with Crippen LogP contribution in [0.15, 0.2) is 30.3 Å². The first-order chi connectivity index (χ1) is 19.9. The SMILES string of the molecule is Cc1c(N)sc2cccc(-c3ccc4c(N5CC6CCC(C5)N6)nc(OC[C@@]56CCCN5C[C@H](F)C6)nc4c3F)c12. The number of hydrogen-bond acceptors (Lipinski definition) is 8. The Bertz CT molecular complexity index is 1670. The molecule has 2 bridgehead atoms. The molecule has 4 aromatic rings. The summed E-state index contributed by atoms with van der Waals surface area (Å²) < 4.78 is 38.4. The summed E-state index contributed by atoms with van der Waals surface area (Å²) in [4.78, 5) is 14.0. The molecule has 7 nitrogen and oxygen atoms in total. The zero-order valence-corrected chi connectivity index (χ0v) is 23.9. The number of aromatic nitrogens is 2. The standard InChI is InChI=1S/C31H34F2N6OS/c1-17-25-21(4-2-5-24(25)41-28(17)34)22-8-9-23-27(26(22)33)36-30(37-29(23)38-14-19-6-7-20(15-38)35-19)40-16-31-10-3-11-39(31)13-18(32)12-31/h2,4-5,8-9,18-20,35H,3,6-7,10-16,34H2,1H3/t18-,19?,20?,31+/m1/s1. The molecule has 2 unspecified atom stereocenters. The number of aryl methyl sites for hydroxylation is 1. The van der Waals surface area contributed by atoms with Crippen molar-refractivity contribution in [2.45, 2.75) is 62.8 Å². The van der Waals surface area contributed by atoms with Crippen molar-refractivity contribution in [2.24, 2.45) is 0 Å². The van der Waals surface area contributed by atoms with Crippen molar-refractivity contribution in [3.05, 3.63) is 41.7 Å². The molecule has 2 aromatic heterocycles. The number of alkyl halides is 1. The molecule has 0 amide bonds. The van der Waals surface area contributed by atoms with E-state index in [-0.39, 0.29) is 17.1 Å². The van der Waals surface area contributed by atoms with Crippen molar-refractivity contribution in [3.8, 4) is 17.1 Å². The minimum absolute atomic E-state index is 0.159. The van der Waals surface area contributed by atoms with Crippen LogP contribution in [0.2, 0.25) is 0 Å². The van der Waals surface area contributed by atoms with E-state index < -0.39 is 12.0 Å². The number of benzene rings is 2. The predicted molar refractivity (Wildman–Crippen MR) is 160 cm³/mol. The molecule has 214 valence electrons. The lowest BCUT2D eigenvalue weighted by Gasteiger charge is -2.34. The van der Waals surface area contributed by atoms with Gasteiger partial charge in [-0.1, -0.05) is 18.2 Å². The van der Waals surface area contributed by atoms with Crippen LogP contribution in [0, 0.1) is 12.7 Å². The van der Waals surface area contributed by atoms with E-state index in [0.29, 0.717) is 48.4 Å². The first kappa shape index (κ1) is 25.6. The third-order valence-electron chi connectivity index (χ3n) is 9.79. The normalized spacial score (nSPS) is 27.8. The third kappa shape index (κ3) is 4.09. The highest BCUT2D eigenvalue weighted by molar-refractivity contribution is 7.23. The number of anilines is 2. The average Bonchev–Trinajstić information content (AvgIpc) is 3.68. The molecule has 8 rings (SSSR count). The van der Waals surface area contributed by atoms with Crippen LogP contribution >= 0.6 is 11.3 Å². The minimum Gasteiger partial charge on any atom is -0.461 e. The highest BCUT2D eigenvalue weighted by atomic mass is 32.1. The van der Waals surface area contributed by atoms with Crippen LogP contribution in [0.5, 0.6) is 6.01 Å². The number of nitrogens with zero attached hydrogens (tertiary/aromatic N) is 4. The number of rotatable bonds is 5. The van der Waals surface area contributed by atoms with Gasteiger partial charge < -0.3 is 20.7 Å². The largest absolute Gasteiger partial charge is 0.461 e. The summed E-state index contributed by atoms with van der Waals surface area (Å²) in [5.74, 6) is 0.315. The van der Waals surface area contributed by atoms with Crippen LogP contribution < -0.4 is 20.7 Å². The number of halogens is 2. The maximum absolute atomic E-state index is 16.7. The molecule has 4 aliphatic heterocycles. The Morgan fingerprint density at radius 3 is 2.78 bits per heavy atom. The Hall–Kier alpha value is -3.08. The molecule has 4 fully saturated rings. The number of nitrogens with one attached hydrogen (secondary N) is 1. The van der Waals surface area contributed by atoms with Crippen molar-refractivity contribution in [2.75, 3.05) is 43.4 Å². The Kier molecular flexibility index (Phi) is 5.92. The quantitative estimate of drug-likeness (QED) is 0.328. The summed E-state index contributed by atoms with van der Waals surface area (Å²) in [6.07, 6.45) is 3.78. The average molecular weight is 577 g/mol. The molecule has 4 aliphatic rings. The summed E-state index contributed by atoms with van der Waals surface area (Å²) in [5, 5.41) is 6.06. The minimum atomic E-state index is -0.847. The Morgan fingerprint density at radius 2 is 1.95 bits per heavy atom. The smallest absolute Gasteiger partial charge is 0.319 e. The number of nitrogens with two attached hydrogens (primary N) is 1. The molecule has 10 heteroatoms. The fourth-order valence-electron chi connectivity index (χ4n) is 7.80. The maximum Gasteiger partial charge on any atom is 0.319 e. The van der Waals surface area contributed by atoms with E-state index in [9.17, 15) is 4.39 Å². The van der Waals surface area contributed by atoms with E-state index in [1.165, 1.54) is 11.3 Å². The second kappa shape index (κ2) is 9.47. The van der Waals surface area contributed by atoms with Gasteiger partial charge in [-0.2, -0.15) is 9.97 Å². The summed E-state index contributed by atoms with van der Waals surface area (Å²) in [6.45, 7) is 5.23. The van der Waals surface area contributed by atoms with E-state index in [1.54, 1.807) is 0 Å². The van der Waals surface area contributed by atoms with E-state index in [1.807, 2.05) is 37.3 Å². The van der Waals surface area contributed by atoms with Gasteiger partial charge in [0.05, 0.1) is 10.5 Å². The summed E-state index contributed by atoms with van der Waals surface area (Å²) in [6, 6.07) is 10.6. The van der Waals surface area contributed by atoms with Crippen molar-refractivity contribution in [3.63, 3.8) is 0 Å². The van der Waals surface area contributed by atoms with Crippen LogP contribution in [0.1, 0.15) is 37.7 Å². The molecule has 41 heavy (non-hydrogen) atoms. The maximum atomic E-state index is 16.7. The Morgan fingerprint density at radius 1 is 1.12 bits per heavy atom. The van der Waals surface area contributed by atoms with Crippen molar-refractivity contribution >= 4 is 43.1 Å². The van der Waals surface area contributed by atoms with E-state index in [4.69, 9.17) is 15.5 Å². The molecule has 0 spiro atoms. The first-order valence-corrected chi connectivity index (χ1v) is 15.5. The zero-order valence-electron chi connectivity index (χ0n) is 23.1. The lowest BCUT2D eigenvalue weighted by atomic mass is 9.95. The van der Waals surface area contributed by atoms with Gasteiger partial charge in [0.25, 0.3) is 0 Å². The molecular formula is C31H34F2N6OS. The van der Waals surface area contributed by atoms with E-state index in [0.717, 1.165) is 71.5 Å². The van der Waals surface area contributed by atoms with Gasteiger partial charge in [-0.05, 0) is 62.4 Å². The second-order valence-corrected chi connectivity index (χ2v) is 13.4. The first-order valence-electron chi connectivity index (χ1n) is 14.7. The summed E-state index contributed by atoms with van der Waals surface area (Å²) in [7, 11) is 0. The summed E-state index contributed by atoms with van der Waals surface area (Å²) >= 11 is 1.52. The third-order valence-corrected chi connectivity index (χ3v) is 10.9. The van der Waals surface area contributed by atoms with Gasteiger partial charge in [0.15, 0.2) is 5.82 Å². The molecule has 0 aliphatic carbocycles. The molecule has 2 aromatic carbocycles. The zero-order chi connectivity index (χ0) is 27.9. The van der Waals surface area contributed by atoms with Gasteiger partial charge >= 0.3 is 6.01 Å². The number of fused-ring (bicyclic) bond motifs is 5. The van der Waals surface area contributed by atoms with Crippen molar-refractivity contribution in [1.82, 2.24) is 20.2 Å². The van der Waals surface area contributed by atoms with Gasteiger partial charge in [0.2, 0.25) is 0 Å². The number of nitrogen functional groups attached to an aromatic ring is 1. The molecule has 3 N–H and O–H groups in total. The fourth-order valence-corrected chi connectivity index (χ4v) is 8.81. The monoisotopic (exact) mass is 576 g/mol. The number of hydrogen-bond donors (Lipinski definition) is 2. The summed E-state index contributed by atoms with van der Waals surface area (Å²) in [5.41, 5.74) is 8.42. The fraction of sp³-hybridized carbons (Fsp3) is 0.484. The lowest BCUT2D eigenvalue weighted by Crippen LogP contribution is -2.51. The molecule has 4 atom stereocenters. The molecule has 0 saturated carbocycles. The molecule has 0 radical (unpaired) electrons. The Labute approximate surface area is 241 Å². The van der Waals surface area contributed by atoms with Crippen LogP contribution in [-0.4, -0.2) is 71.4 Å². The van der Waals surface area contributed by atoms with Crippen LogP contribution in [0.4, 0.5) is 19.6 Å². The van der Waals surface area contributed by atoms with Crippen LogP contribution in [0.3, 0.4) is 0 Å². The van der Waals surface area contributed by atoms with Crippen molar-refractivity contribution in [1.29, 1.82) is 0 Å². The molecule has 6 heterocycles. The van der Waals surface area contributed by atoms with Crippen LogP contribution in [0.25, 0.3) is 32.1 Å².